The van der Waals surface area contributed by atoms with Gasteiger partial charge in [0.1, 0.15) is 5.65 Å². The summed E-state index contributed by atoms with van der Waals surface area (Å²) in [5.41, 5.74) is 1.24. The molecule has 0 atom stereocenters. The van der Waals surface area contributed by atoms with Gasteiger partial charge in [0.2, 0.25) is 0 Å². The summed E-state index contributed by atoms with van der Waals surface area (Å²) < 4.78 is 2.37. The van der Waals surface area contributed by atoms with E-state index in [4.69, 9.17) is 0 Å². The zero-order valence-electron chi connectivity index (χ0n) is 15.2. The van der Waals surface area contributed by atoms with Crippen molar-refractivity contribution in [2.75, 3.05) is 11.9 Å². The van der Waals surface area contributed by atoms with E-state index in [0.717, 1.165) is 22.1 Å². The predicted octanol–water partition coefficient (Wildman–Crippen LogP) is 2.84. The number of halogens is 1. The number of aromatic amines is 1. The number of nitrogens with one attached hydrogen (secondary N) is 1. The first kappa shape index (κ1) is 19.0. The first-order chi connectivity index (χ1) is 12.8. The maximum atomic E-state index is 12.9. The second-order valence-electron chi connectivity index (χ2n) is 6.30. The summed E-state index contributed by atoms with van der Waals surface area (Å²) in [6.45, 7) is 4.30. The van der Waals surface area contributed by atoms with Crippen molar-refractivity contribution in [1.29, 1.82) is 0 Å². The van der Waals surface area contributed by atoms with Crippen LogP contribution in [0.15, 0.2) is 44.5 Å². The Morgan fingerprint density at radius 2 is 2.04 bits per heavy atom. The quantitative estimate of drug-likeness (QED) is 0.688. The number of rotatable bonds is 4. The van der Waals surface area contributed by atoms with Crippen molar-refractivity contribution in [3.05, 3.63) is 66.9 Å². The van der Waals surface area contributed by atoms with Gasteiger partial charge >= 0.3 is 5.69 Å². The van der Waals surface area contributed by atoms with Crippen LogP contribution in [0.1, 0.15) is 29.3 Å². The minimum absolute atomic E-state index is 0.217. The number of aromatic nitrogens is 3. The number of pyridine rings is 1. The van der Waals surface area contributed by atoms with Gasteiger partial charge in [-0.15, -0.1) is 0 Å². The second kappa shape index (κ2) is 7.48. The van der Waals surface area contributed by atoms with E-state index in [2.05, 4.69) is 25.9 Å². The van der Waals surface area contributed by atoms with Crippen LogP contribution in [-0.2, 0) is 6.54 Å². The van der Waals surface area contributed by atoms with Gasteiger partial charge in [-0.05, 0) is 43.2 Å². The summed E-state index contributed by atoms with van der Waals surface area (Å²) in [5, 5.41) is 0.217. The molecule has 7 nitrogen and oxygen atoms in total. The van der Waals surface area contributed by atoms with E-state index in [9.17, 15) is 14.4 Å². The number of carbonyl (C=O) groups is 1. The first-order valence-corrected chi connectivity index (χ1v) is 9.30. The number of fused-ring (bicyclic) bond motifs is 1. The Morgan fingerprint density at radius 1 is 1.30 bits per heavy atom. The molecule has 1 amide bonds. The largest absolute Gasteiger partial charge is 0.329 e. The fourth-order valence-electron chi connectivity index (χ4n) is 2.86. The summed E-state index contributed by atoms with van der Waals surface area (Å²) >= 11 is 3.44. The smallest absolute Gasteiger partial charge is 0.311 e. The van der Waals surface area contributed by atoms with E-state index < -0.39 is 11.2 Å². The monoisotopic (exact) mass is 430 g/mol. The number of nitrogens with zero attached hydrogens (tertiary/aromatic N) is 3. The van der Waals surface area contributed by atoms with Crippen molar-refractivity contribution in [2.24, 2.45) is 0 Å². The highest BCUT2D eigenvalue weighted by atomic mass is 79.9. The molecule has 0 aliphatic carbocycles. The molecule has 0 radical (unpaired) electrons. The highest BCUT2D eigenvalue weighted by Crippen LogP contribution is 2.23. The fourth-order valence-corrected chi connectivity index (χ4v) is 3.11. The molecule has 1 aromatic carbocycles. The van der Waals surface area contributed by atoms with Crippen molar-refractivity contribution in [3.8, 4) is 0 Å². The average molecular weight is 431 g/mol. The number of benzene rings is 1. The van der Waals surface area contributed by atoms with Crippen molar-refractivity contribution in [1.82, 2.24) is 14.5 Å². The molecule has 0 saturated carbocycles. The molecule has 27 heavy (non-hydrogen) atoms. The van der Waals surface area contributed by atoms with E-state index in [1.54, 1.807) is 7.05 Å². The van der Waals surface area contributed by atoms with Crippen LogP contribution < -0.4 is 16.1 Å². The summed E-state index contributed by atoms with van der Waals surface area (Å²) in [5.74, 6) is -0.293. The maximum absolute atomic E-state index is 12.9. The Morgan fingerprint density at radius 3 is 2.70 bits per heavy atom. The van der Waals surface area contributed by atoms with Gasteiger partial charge in [-0.3, -0.25) is 19.1 Å². The molecule has 8 heteroatoms. The predicted molar refractivity (Wildman–Crippen MR) is 109 cm³/mol. The zero-order valence-corrected chi connectivity index (χ0v) is 16.8. The molecule has 0 unspecified atom stereocenters. The molecule has 3 rings (SSSR count). The molecule has 0 fully saturated rings. The van der Waals surface area contributed by atoms with Crippen LogP contribution in [0.25, 0.3) is 11.0 Å². The third-order valence-corrected chi connectivity index (χ3v) is 5.25. The average Bonchev–Trinajstić information content (AvgIpc) is 2.65. The van der Waals surface area contributed by atoms with Crippen molar-refractivity contribution < 1.29 is 4.79 Å². The molecule has 0 spiro atoms. The Labute approximate surface area is 163 Å². The fraction of sp³-hybridized carbons (Fsp3) is 0.263. The van der Waals surface area contributed by atoms with Gasteiger partial charge in [-0.25, -0.2) is 9.78 Å². The van der Waals surface area contributed by atoms with Crippen molar-refractivity contribution >= 4 is 38.6 Å². The van der Waals surface area contributed by atoms with Crippen LogP contribution in [-0.4, -0.2) is 27.5 Å². The summed E-state index contributed by atoms with van der Waals surface area (Å²) in [6, 6.07) is 7.08. The number of carbonyl (C=O) groups excluding carboxylic acids is 1. The van der Waals surface area contributed by atoms with E-state index in [1.165, 1.54) is 21.7 Å². The number of aryl methyl sites for hydroxylation is 2. The Kier molecular flexibility index (Phi) is 5.27. The molecule has 0 aliphatic heterocycles. The standard InChI is InChI=1S/C19H19BrN4O3/c1-4-7-24-16-14(17(25)22-19(24)27)9-12(10-21-16)18(26)23(3)13-5-6-15(20)11(2)8-13/h5-6,8-10H,4,7H2,1-3H3,(H,22,25,27). The third kappa shape index (κ3) is 3.57. The molecule has 0 aliphatic rings. The van der Waals surface area contributed by atoms with E-state index >= 15 is 0 Å². The number of anilines is 1. The Balaban J connectivity index is 2.06. The van der Waals surface area contributed by atoms with Crippen molar-refractivity contribution in [3.63, 3.8) is 0 Å². The molecular formula is C19H19BrN4O3. The van der Waals surface area contributed by atoms with Crippen LogP contribution in [0.5, 0.6) is 0 Å². The Hall–Kier alpha value is -2.74. The molecule has 0 bridgehead atoms. The SMILES string of the molecule is CCCn1c(=O)[nH]c(=O)c2cc(C(=O)N(C)c3ccc(Br)c(C)c3)cnc21. The molecule has 2 heterocycles. The van der Waals surface area contributed by atoms with Crippen molar-refractivity contribution in [2.45, 2.75) is 26.8 Å². The number of H-pyrrole nitrogens is 1. The molecule has 140 valence electrons. The number of amides is 1. The van der Waals surface area contributed by atoms with Gasteiger partial charge in [0, 0.05) is 29.9 Å². The second-order valence-corrected chi connectivity index (χ2v) is 7.16. The number of hydrogen-bond acceptors (Lipinski definition) is 4. The lowest BCUT2D eigenvalue weighted by Crippen LogP contribution is -2.31. The van der Waals surface area contributed by atoms with Gasteiger partial charge < -0.3 is 4.90 Å². The lowest BCUT2D eigenvalue weighted by Gasteiger charge is -2.18. The summed E-state index contributed by atoms with van der Waals surface area (Å²) in [4.78, 5) is 45.1. The van der Waals surface area contributed by atoms with Crippen LogP contribution in [0, 0.1) is 6.92 Å². The normalized spacial score (nSPS) is 11.0. The minimum Gasteiger partial charge on any atom is -0.311 e. The van der Waals surface area contributed by atoms with Gasteiger partial charge in [0.25, 0.3) is 11.5 Å². The maximum Gasteiger partial charge on any atom is 0.329 e. The van der Waals surface area contributed by atoms with E-state index in [1.807, 2.05) is 32.0 Å². The van der Waals surface area contributed by atoms with E-state index in [0.29, 0.717) is 6.54 Å². The molecule has 3 aromatic rings. The summed E-state index contributed by atoms with van der Waals surface area (Å²) in [6.07, 6.45) is 2.12. The number of hydrogen-bond donors (Lipinski definition) is 1. The van der Waals surface area contributed by atoms with Crippen LogP contribution in [0.2, 0.25) is 0 Å². The highest BCUT2D eigenvalue weighted by molar-refractivity contribution is 9.10. The molecule has 1 N–H and O–H groups in total. The van der Waals surface area contributed by atoms with Crippen LogP contribution in [0.4, 0.5) is 5.69 Å². The third-order valence-electron chi connectivity index (χ3n) is 4.36. The first-order valence-electron chi connectivity index (χ1n) is 8.50. The summed E-state index contributed by atoms with van der Waals surface area (Å²) in [7, 11) is 1.66. The molecule has 2 aromatic heterocycles. The highest BCUT2D eigenvalue weighted by Gasteiger charge is 2.17. The van der Waals surface area contributed by atoms with Crippen LogP contribution >= 0.6 is 15.9 Å². The van der Waals surface area contributed by atoms with E-state index in [-0.39, 0.29) is 22.5 Å². The topological polar surface area (TPSA) is 88.1 Å². The van der Waals surface area contributed by atoms with Gasteiger partial charge in [0.15, 0.2) is 0 Å². The lowest BCUT2D eigenvalue weighted by atomic mass is 10.1. The zero-order chi connectivity index (χ0) is 19.7. The molecular weight excluding hydrogens is 412 g/mol. The van der Waals surface area contributed by atoms with Crippen LogP contribution in [0.3, 0.4) is 0 Å². The van der Waals surface area contributed by atoms with Gasteiger partial charge in [-0.2, -0.15) is 0 Å². The Bertz CT molecular complexity index is 1150. The molecule has 0 saturated heterocycles. The minimum atomic E-state index is -0.549. The van der Waals surface area contributed by atoms with Gasteiger partial charge in [-0.1, -0.05) is 22.9 Å². The lowest BCUT2D eigenvalue weighted by molar-refractivity contribution is 0.0993. The van der Waals surface area contributed by atoms with Gasteiger partial charge in [0.05, 0.1) is 10.9 Å².